The monoisotopic (exact) mass is 826 g/mol. The number of halogens is 3. The molecule has 0 saturated carbocycles. The zero-order valence-electron chi connectivity index (χ0n) is 36.6. The summed E-state index contributed by atoms with van der Waals surface area (Å²) < 4.78 is 0. The van der Waals surface area contributed by atoms with Crippen molar-refractivity contribution in [3.8, 4) is 0 Å². The summed E-state index contributed by atoms with van der Waals surface area (Å²) in [6.07, 6.45) is 0. The Morgan fingerprint density at radius 3 is 0.736 bits per heavy atom. The van der Waals surface area contributed by atoms with E-state index in [1.807, 2.05) is 0 Å². The molecule has 0 aliphatic rings. The summed E-state index contributed by atoms with van der Waals surface area (Å²) in [4.78, 5) is 0. The van der Waals surface area contributed by atoms with Crippen LogP contribution in [0.25, 0.3) is 0 Å². The second-order valence-electron chi connectivity index (χ2n) is 21.3. The summed E-state index contributed by atoms with van der Waals surface area (Å²) in [5.41, 5.74) is 9.93. The molecule has 0 aromatic heterocycles. The molecule has 0 N–H and O–H groups in total. The van der Waals surface area contributed by atoms with Crippen LogP contribution in [0.2, 0.25) is 0 Å². The molecule has 4 aromatic rings. The molecule has 0 heterocycles. The maximum Gasteiger partial charge on any atom is 4.00 e. The molecule has 4 aromatic carbocycles. The van der Waals surface area contributed by atoms with Crippen molar-refractivity contribution < 1.29 is 58.9 Å². The first kappa shape index (κ1) is 51.8. The zero-order valence-corrected chi connectivity index (χ0v) is 41.4. The first-order valence-electron chi connectivity index (χ1n) is 18.7. The molecule has 0 amide bonds. The van der Waals surface area contributed by atoms with Crippen molar-refractivity contribution in [2.24, 2.45) is 0 Å². The molecular weight excluding hydrogens is 759 g/mol. The molecule has 290 valence electrons. The van der Waals surface area contributed by atoms with Gasteiger partial charge in [-0.15, -0.1) is 5.19 Å². The maximum absolute atomic E-state index is 2.95. The first-order chi connectivity index (χ1) is 22.0. The Morgan fingerprint density at radius 2 is 0.585 bits per heavy atom. The van der Waals surface area contributed by atoms with Crippen molar-refractivity contribution in [3.63, 3.8) is 0 Å². The van der Waals surface area contributed by atoms with E-state index in [2.05, 4.69) is 204 Å². The second-order valence-corrected chi connectivity index (χ2v) is 25.0. The summed E-state index contributed by atoms with van der Waals surface area (Å²) in [6.45, 7) is 45.2. The molecule has 0 atom stereocenters. The van der Waals surface area contributed by atoms with Gasteiger partial charge < -0.3 is 37.2 Å². The fourth-order valence-corrected chi connectivity index (χ4v) is 12.2. The minimum absolute atomic E-state index is 0. The van der Waals surface area contributed by atoms with E-state index in [0.717, 1.165) is 0 Å². The smallest absolute Gasteiger partial charge is 1.00 e. The van der Waals surface area contributed by atoms with E-state index in [1.165, 1.54) is 59.7 Å². The van der Waals surface area contributed by atoms with Crippen molar-refractivity contribution in [2.75, 3.05) is 0 Å². The predicted octanol–water partition coefficient (Wildman–Crippen LogP) is 1.89. The fourth-order valence-electron chi connectivity index (χ4n) is 7.03. The minimum atomic E-state index is -2.95. The summed E-state index contributed by atoms with van der Waals surface area (Å²) in [6, 6.07) is 30.4. The number of aryl methyl sites for hydroxylation is 1. The van der Waals surface area contributed by atoms with Gasteiger partial charge in [-0.2, -0.15) is 11.6 Å². The molecule has 53 heavy (non-hydrogen) atoms. The Hall–Kier alpha value is -1.19. The first-order valence-corrected chi connectivity index (χ1v) is 20.7. The van der Waals surface area contributed by atoms with Crippen LogP contribution in [0, 0.1) is 6.92 Å². The largest absolute Gasteiger partial charge is 4.00 e. The third-order valence-corrected chi connectivity index (χ3v) is 15.6. The van der Waals surface area contributed by atoms with Gasteiger partial charge >= 0.3 is 21.7 Å². The van der Waals surface area contributed by atoms with Crippen LogP contribution in [0.15, 0.2) is 72.8 Å². The van der Waals surface area contributed by atoms with Gasteiger partial charge in [-0.05, 0) is 65.9 Å². The van der Waals surface area contributed by atoms with Gasteiger partial charge in [-0.25, -0.2) is 12.1 Å². The van der Waals surface area contributed by atoms with E-state index in [-0.39, 0.29) is 91.4 Å². The Balaban J connectivity index is 0.00000676. The van der Waals surface area contributed by atoms with E-state index in [4.69, 9.17) is 0 Å². The molecular formula is C48H69Cl3SiTi. The van der Waals surface area contributed by atoms with Gasteiger partial charge in [-0.3, -0.25) is 0 Å². The Morgan fingerprint density at radius 1 is 0.377 bits per heavy atom. The van der Waals surface area contributed by atoms with Gasteiger partial charge in [0.05, 0.1) is 0 Å². The summed E-state index contributed by atoms with van der Waals surface area (Å²) in [5, 5.41) is 6.00. The number of benzene rings is 3. The van der Waals surface area contributed by atoms with Crippen molar-refractivity contribution >= 4 is 28.8 Å². The van der Waals surface area contributed by atoms with Crippen LogP contribution in [0.4, 0.5) is 0 Å². The zero-order chi connectivity index (χ0) is 37.3. The van der Waals surface area contributed by atoms with Crippen LogP contribution in [0.3, 0.4) is 0 Å². The maximum atomic E-state index is 2.62. The van der Waals surface area contributed by atoms with Crippen LogP contribution in [0.5, 0.6) is 0 Å². The van der Waals surface area contributed by atoms with Crippen molar-refractivity contribution in [2.45, 2.75) is 164 Å². The van der Waals surface area contributed by atoms with Gasteiger partial charge in [0.1, 0.15) is 8.07 Å². The molecule has 0 saturated heterocycles. The van der Waals surface area contributed by atoms with Gasteiger partial charge in [0.2, 0.25) is 0 Å². The molecule has 0 fully saturated rings. The third-order valence-electron chi connectivity index (χ3n) is 10.7. The number of hydrogen-bond acceptors (Lipinski definition) is 0. The van der Waals surface area contributed by atoms with E-state index in [1.54, 1.807) is 0 Å². The molecule has 4 rings (SSSR count). The molecule has 5 heteroatoms. The molecule has 0 aliphatic carbocycles. The van der Waals surface area contributed by atoms with Crippen LogP contribution in [-0.4, -0.2) is 8.07 Å². The summed E-state index contributed by atoms with van der Waals surface area (Å²) >= 11 is 0. The number of hydrogen-bond donors (Lipinski definition) is 0. The Bertz CT molecular complexity index is 1540. The molecule has 0 unspecified atom stereocenters. The normalized spacial score (nSPS) is 13.0. The topological polar surface area (TPSA) is 0 Å². The quantitative estimate of drug-likeness (QED) is 0.168. The molecule has 0 radical (unpaired) electrons. The van der Waals surface area contributed by atoms with E-state index >= 15 is 0 Å². The standard InChI is InChI=1S/C48H69Si.3ClH.Ti/c1-32-21-20-22-42(32)49(39-26-33(43(2,3)4)23-34(27-39)44(5,6)7,40-28-35(45(8,9)10)24-36(29-40)46(11,12)13)41-30-37(47(14,15)16)25-38(31-41)48(17,18)19;;;;/h20-31H,1-19H3;3*1H;/q-1;;;;+4/p-3. The fraction of sp³-hybridized carbons (Fsp3) is 0.521. The van der Waals surface area contributed by atoms with Crippen molar-refractivity contribution in [3.05, 3.63) is 112 Å². The molecule has 0 nitrogen and oxygen atoms in total. The van der Waals surface area contributed by atoms with E-state index < -0.39 is 8.07 Å². The molecule has 0 aliphatic heterocycles. The second kappa shape index (κ2) is 17.1. The average molecular weight is 828 g/mol. The molecule has 0 bridgehead atoms. The van der Waals surface area contributed by atoms with Crippen LogP contribution < -0.4 is 58.0 Å². The SMILES string of the molecule is Cc1ccc[c-]1[Si](c1cc(C(C)(C)C)cc(C(C)(C)C)c1)(c1cc(C(C)(C)C)cc(C(C)(C)C)c1)c1cc(C(C)(C)C)cc(C(C)(C)C)c1.[Cl-].[Cl-].[Cl-].[Ti+4]. The van der Waals surface area contributed by atoms with E-state index in [9.17, 15) is 0 Å². The van der Waals surface area contributed by atoms with Crippen molar-refractivity contribution in [1.82, 2.24) is 0 Å². The van der Waals surface area contributed by atoms with Gasteiger partial charge in [0, 0.05) is 0 Å². The van der Waals surface area contributed by atoms with Crippen LogP contribution in [0.1, 0.15) is 164 Å². The van der Waals surface area contributed by atoms with E-state index in [0.29, 0.717) is 0 Å². The minimum Gasteiger partial charge on any atom is -1.00 e. The number of rotatable bonds is 4. The van der Waals surface area contributed by atoms with Crippen molar-refractivity contribution in [1.29, 1.82) is 0 Å². The average Bonchev–Trinajstić information content (AvgIpc) is 3.36. The van der Waals surface area contributed by atoms with Crippen LogP contribution in [-0.2, 0) is 54.2 Å². The van der Waals surface area contributed by atoms with Crippen LogP contribution >= 0.6 is 0 Å². The predicted molar refractivity (Wildman–Crippen MR) is 223 cm³/mol. The van der Waals surface area contributed by atoms with Gasteiger partial charge in [0.15, 0.2) is 0 Å². The summed E-state index contributed by atoms with van der Waals surface area (Å²) in [5.74, 6) is 0. The Labute approximate surface area is 361 Å². The summed E-state index contributed by atoms with van der Waals surface area (Å²) in [7, 11) is -2.95. The Kier molecular flexibility index (Phi) is 16.7. The van der Waals surface area contributed by atoms with Gasteiger partial charge in [0.25, 0.3) is 0 Å². The molecule has 0 spiro atoms. The third kappa shape index (κ3) is 11.0. The van der Waals surface area contributed by atoms with Gasteiger partial charge in [-0.1, -0.05) is 202 Å².